The standard InChI is InChI=1S/C19H29NO3/c1-13-7-9-15(10-8-13)20-17(21)16-14(2)18(22)23-19(16)11-5-3-4-6-12-19/h13,15H,3-12H2,1-2H3,(H,20,21). The summed E-state index contributed by atoms with van der Waals surface area (Å²) in [5, 5.41) is 3.20. The third-order valence-corrected chi connectivity index (χ3v) is 5.91. The number of amides is 1. The molecule has 2 saturated carbocycles. The summed E-state index contributed by atoms with van der Waals surface area (Å²) in [4.78, 5) is 25.1. The molecule has 0 aromatic carbocycles. The van der Waals surface area contributed by atoms with Crippen molar-refractivity contribution < 1.29 is 14.3 Å². The highest BCUT2D eigenvalue weighted by atomic mass is 16.6. The fraction of sp³-hybridized carbons (Fsp3) is 0.789. The van der Waals surface area contributed by atoms with Crippen molar-refractivity contribution in [2.45, 2.75) is 89.7 Å². The molecule has 0 bridgehead atoms. The Labute approximate surface area is 139 Å². The molecule has 1 amide bonds. The minimum atomic E-state index is -0.649. The van der Waals surface area contributed by atoms with E-state index in [9.17, 15) is 9.59 Å². The summed E-state index contributed by atoms with van der Waals surface area (Å²) in [5.41, 5.74) is 0.501. The Bertz CT molecular complexity index is 507. The monoisotopic (exact) mass is 319 g/mol. The van der Waals surface area contributed by atoms with Gasteiger partial charge in [0.15, 0.2) is 0 Å². The van der Waals surface area contributed by atoms with Crippen LogP contribution in [-0.2, 0) is 14.3 Å². The van der Waals surface area contributed by atoms with E-state index in [1.165, 1.54) is 12.8 Å². The molecule has 2 fully saturated rings. The summed E-state index contributed by atoms with van der Waals surface area (Å²) < 4.78 is 5.75. The molecule has 4 heteroatoms. The van der Waals surface area contributed by atoms with Crippen LogP contribution >= 0.6 is 0 Å². The number of ether oxygens (including phenoxy) is 1. The second-order valence-electron chi connectivity index (χ2n) is 7.73. The van der Waals surface area contributed by atoms with E-state index in [0.29, 0.717) is 11.1 Å². The second kappa shape index (κ2) is 6.66. The fourth-order valence-corrected chi connectivity index (χ4v) is 4.44. The third-order valence-electron chi connectivity index (χ3n) is 5.91. The lowest BCUT2D eigenvalue weighted by molar-refractivity contribution is -0.148. The van der Waals surface area contributed by atoms with Gasteiger partial charge in [0.1, 0.15) is 5.60 Å². The van der Waals surface area contributed by atoms with Crippen LogP contribution in [0.4, 0.5) is 0 Å². The van der Waals surface area contributed by atoms with Gasteiger partial charge in [-0.15, -0.1) is 0 Å². The van der Waals surface area contributed by atoms with Crippen LogP contribution in [0.15, 0.2) is 11.1 Å². The van der Waals surface area contributed by atoms with Crippen molar-refractivity contribution in [3.05, 3.63) is 11.1 Å². The van der Waals surface area contributed by atoms with Gasteiger partial charge < -0.3 is 10.1 Å². The van der Waals surface area contributed by atoms with Crippen molar-refractivity contribution >= 4 is 11.9 Å². The van der Waals surface area contributed by atoms with Gasteiger partial charge in [-0.25, -0.2) is 4.79 Å². The second-order valence-corrected chi connectivity index (χ2v) is 7.73. The number of nitrogens with one attached hydrogen (secondary N) is 1. The predicted octanol–water partition coefficient (Wildman–Crippen LogP) is 3.65. The number of carbonyl (C=O) groups excluding carboxylic acids is 2. The fourth-order valence-electron chi connectivity index (χ4n) is 4.44. The SMILES string of the molecule is CC1=C(C(=O)NC2CCC(C)CC2)C2(CCCCCC2)OC1=O. The van der Waals surface area contributed by atoms with E-state index in [4.69, 9.17) is 4.74 Å². The molecule has 128 valence electrons. The summed E-state index contributed by atoms with van der Waals surface area (Å²) in [6, 6.07) is 0.248. The molecule has 1 heterocycles. The number of rotatable bonds is 2. The third kappa shape index (κ3) is 3.31. The highest BCUT2D eigenvalue weighted by Crippen LogP contribution is 2.43. The molecule has 1 aliphatic heterocycles. The molecule has 3 rings (SSSR count). The number of carbonyl (C=O) groups is 2. The van der Waals surface area contributed by atoms with Gasteiger partial charge in [0.05, 0.1) is 5.57 Å². The Morgan fingerprint density at radius 1 is 1.09 bits per heavy atom. The van der Waals surface area contributed by atoms with Crippen molar-refractivity contribution in [2.24, 2.45) is 5.92 Å². The van der Waals surface area contributed by atoms with E-state index in [-0.39, 0.29) is 17.9 Å². The first-order valence-corrected chi connectivity index (χ1v) is 9.27. The van der Waals surface area contributed by atoms with E-state index in [1.54, 1.807) is 6.92 Å². The van der Waals surface area contributed by atoms with Gasteiger partial charge in [0.2, 0.25) is 0 Å². The molecule has 0 saturated heterocycles. The Morgan fingerprint density at radius 2 is 1.70 bits per heavy atom. The Morgan fingerprint density at radius 3 is 2.30 bits per heavy atom. The minimum Gasteiger partial charge on any atom is -0.451 e. The smallest absolute Gasteiger partial charge is 0.335 e. The van der Waals surface area contributed by atoms with Crippen LogP contribution in [0.25, 0.3) is 0 Å². The van der Waals surface area contributed by atoms with Crippen LogP contribution in [0.5, 0.6) is 0 Å². The number of esters is 1. The molecule has 2 aliphatic carbocycles. The van der Waals surface area contributed by atoms with E-state index < -0.39 is 5.60 Å². The summed E-state index contributed by atoms with van der Waals surface area (Å²) in [5.74, 6) is 0.401. The molecular formula is C19H29NO3. The lowest BCUT2D eigenvalue weighted by Gasteiger charge is -2.32. The number of hydrogen-bond donors (Lipinski definition) is 1. The first-order valence-electron chi connectivity index (χ1n) is 9.27. The van der Waals surface area contributed by atoms with Crippen molar-refractivity contribution in [3.8, 4) is 0 Å². The van der Waals surface area contributed by atoms with Crippen LogP contribution in [0, 0.1) is 5.92 Å². The number of hydrogen-bond acceptors (Lipinski definition) is 3. The maximum absolute atomic E-state index is 12.9. The zero-order valence-electron chi connectivity index (χ0n) is 14.5. The lowest BCUT2D eigenvalue weighted by Crippen LogP contribution is -2.44. The molecule has 23 heavy (non-hydrogen) atoms. The van der Waals surface area contributed by atoms with Crippen LogP contribution in [0.3, 0.4) is 0 Å². The van der Waals surface area contributed by atoms with E-state index >= 15 is 0 Å². The van der Waals surface area contributed by atoms with Crippen LogP contribution in [0.2, 0.25) is 0 Å². The first kappa shape index (κ1) is 16.5. The molecule has 3 aliphatic rings. The van der Waals surface area contributed by atoms with Gasteiger partial charge in [-0.1, -0.05) is 19.8 Å². The van der Waals surface area contributed by atoms with Gasteiger partial charge in [-0.05, 0) is 64.2 Å². The largest absolute Gasteiger partial charge is 0.451 e. The van der Waals surface area contributed by atoms with Crippen molar-refractivity contribution in [1.29, 1.82) is 0 Å². The maximum atomic E-state index is 12.9. The quantitative estimate of drug-likeness (QED) is 0.791. The summed E-state index contributed by atoms with van der Waals surface area (Å²) >= 11 is 0. The molecule has 0 atom stereocenters. The topological polar surface area (TPSA) is 55.4 Å². The summed E-state index contributed by atoms with van der Waals surface area (Å²) in [6.07, 6.45) is 10.4. The molecule has 0 aromatic heterocycles. The summed E-state index contributed by atoms with van der Waals surface area (Å²) in [6.45, 7) is 4.02. The minimum absolute atomic E-state index is 0.0604. The van der Waals surface area contributed by atoms with E-state index in [0.717, 1.165) is 57.3 Å². The Kier molecular flexibility index (Phi) is 4.79. The average molecular weight is 319 g/mol. The Hall–Kier alpha value is -1.32. The summed E-state index contributed by atoms with van der Waals surface area (Å²) in [7, 11) is 0. The first-order chi connectivity index (χ1) is 11.0. The highest BCUT2D eigenvalue weighted by Gasteiger charge is 2.49. The van der Waals surface area contributed by atoms with Crippen LogP contribution in [-0.4, -0.2) is 23.5 Å². The predicted molar refractivity (Wildman–Crippen MR) is 88.8 cm³/mol. The maximum Gasteiger partial charge on any atom is 0.335 e. The molecule has 0 aromatic rings. The molecule has 1 N–H and O–H groups in total. The van der Waals surface area contributed by atoms with Gasteiger partial charge in [-0.2, -0.15) is 0 Å². The molecule has 1 spiro atoms. The normalized spacial score (nSPS) is 31.0. The molecule has 0 radical (unpaired) electrons. The van der Waals surface area contributed by atoms with E-state index in [1.807, 2.05) is 0 Å². The highest BCUT2D eigenvalue weighted by molar-refractivity contribution is 6.07. The zero-order chi connectivity index (χ0) is 16.4. The molecular weight excluding hydrogens is 290 g/mol. The average Bonchev–Trinajstić information content (AvgIpc) is 2.67. The van der Waals surface area contributed by atoms with Crippen molar-refractivity contribution in [2.75, 3.05) is 0 Å². The van der Waals surface area contributed by atoms with Crippen molar-refractivity contribution in [3.63, 3.8) is 0 Å². The van der Waals surface area contributed by atoms with Gasteiger partial charge in [-0.3, -0.25) is 4.79 Å². The van der Waals surface area contributed by atoms with E-state index in [2.05, 4.69) is 12.2 Å². The molecule has 4 nitrogen and oxygen atoms in total. The Balaban J connectivity index is 1.77. The molecule has 0 unspecified atom stereocenters. The van der Waals surface area contributed by atoms with Crippen LogP contribution in [0.1, 0.15) is 78.1 Å². The van der Waals surface area contributed by atoms with Gasteiger partial charge in [0.25, 0.3) is 5.91 Å². The van der Waals surface area contributed by atoms with Crippen molar-refractivity contribution in [1.82, 2.24) is 5.32 Å². The lowest BCUT2D eigenvalue weighted by atomic mass is 9.83. The van der Waals surface area contributed by atoms with Gasteiger partial charge >= 0.3 is 5.97 Å². The zero-order valence-corrected chi connectivity index (χ0v) is 14.5. The van der Waals surface area contributed by atoms with Crippen LogP contribution < -0.4 is 5.32 Å². The van der Waals surface area contributed by atoms with Gasteiger partial charge in [0, 0.05) is 11.6 Å².